The first-order valence-electron chi connectivity index (χ1n) is 9.31. The number of aryl methyl sites for hydroxylation is 2. The van der Waals surface area contributed by atoms with E-state index in [0.717, 1.165) is 35.1 Å². The Morgan fingerprint density at radius 1 is 1.24 bits per heavy atom. The molecule has 2 heterocycles. The monoisotopic (exact) mass is 412 g/mol. The molecule has 8 heteroatoms. The number of thiophene rings is 1. The molecule has 4 rings (SSSR count). The zero-order valence-corrected chi connectivity index (χ0v) is 16.9. The van der Waals surface area contributed by atoms with Crippen LogP contribution in [0.15, 0.2) is 28.7 Å². The highest BCUT2D eigenvalue weighted by molar-refractivity contribution is 7.17. The minimum atomic E-state index is -1.08. The van der Waals surface area contributed by atoms with Crippen LogP contribution >= 0.6 is 11.3 Å². The molecule has 1 aliphatic carbocycles. The van der Waals surface area contributed by atoms with Crippen LogP contribution in [0.25, 0.3) is 11.0 Å². The smallest absolute Gasteiger partial charge is 0.375 e. The quantitative estimate of drug-likeness (QED) is 0.622. The minimum Gasteiger partial charge on any atom is -0.449 e. The number of rotatable bonds is 5. The molecule has 0 bridgehead atoms. The molecule has 1 aromatic carbocycles. The van der Waals surface area contributed by atoms with Crippen molar-refractivity contribution in [3.05, 3.63) is 51.6 Å². The van der Waals surface area contributed by atoms with Crippen molar-refractivity contribution in [1.29, 1.82) is 0 Å². The lowest BCUT2D eigenvalue weighted by Gasteiger charge is -2.13. The largest absolute Gasteiger partial charge is 0.449 e. The lowest BCUT2D eigenvalue weighted by molar-refractivity contribution is -0.123. The normalized spacial score (nSPS) is 13.9. The van der Waals surface area contributed by atoms with E-state index in [4.69, 9.17) is 14.9 Å². The number of nitrogens with two attached hydrogens (primary N) is 1. The summed E-state index contributed by atoms with van der Waals surface area (Å²) in [7, 11) is 0. The lowest BCUT2D eigenvalue weighted by atomic mass is 10.1. The second kappa shape index (κ2) is 7.36. The fraction of sp³-hybridized carbons (Fsp3) is 0.286. The van der Waals surface area contributed by atoms with Gasteiger partial charge in [-0.25, -0.2) is 4.79 Å². The second-order valence-electron chi connectivity index (χ2n) is 7.01. The van der Waals surface area contributed by atoms with Crippen molar-refractivity contribution in [1.82, 2.24) is 0 Å². The fourth-order valence-electron chi connectivity index (χ4n) is 3.60. The first kappa shape index (κ1) is 19.2. The van der Waals surface area contributed by atoms with Crippen LogP contribution in [0.1, 0.15) is 50.3 Å². The predicted octanol–water partition coefficient (Wildman–Crippen LogP) is 3.57. The van der Waals surface area contributed by atoms with Gasteiger partial charge in [0.15, 0.2) is 6.10 Å². The topological polar surface area (TPSA) is 112 Å². The average Bonchev–Trinajstić information content (AvgIpc) is 3.34. The Hall–Kier alpha value is -3.13. The highest BCUT2D eigenvalue weighted by Gasteiger charge is 2.29. The Kier molecular flexibility index (Phi) is 4.87. The molecule has 0 saturated heterocycles. The fourth-order valence-corrected chi connectivity index (χ4v) is 4.90. The second-order valence-corrected chi connectivity index (χ2v) is 8.12. The van der Waals surface area contributed by atoms with Crippen LogP contribution in [0.2, 0.25) is 0 Å². The van der Waals surface area contributed by atoms with E-state index in [1.807, 2.05) is 18.2 Å². The summed E-state index contributed by atoms with van der Waals surface area (Å²) >= 11 is 1.35. The van der Waals surface area contributed by atoms with Gasteiger partial charge < -0.3 is 20.2 Å². The van der Waals surface area contributed by atoms with Crippen LogP contribution in [0, 0.1) is 6.92 Å². The molecule has 29 heavy (non-hydrogen) atoms. The van der Waals surface area contributed by atoms with Crippen molar-refractivity contribution >= 4 is 45.1 Å². The maximum absolute atomic E-state index is 12.6. The summed E-state index contributed by atoms with van der Waals surface area (Å²) in [4.78, 5) is 38.0. The minimum absolute atomic E-state index is 0.0683. The molecule has 0 unspecified atom stereocenters. The molecule has 0 spiro atoms. The summed E-state index contributed by atoms with van der Waals surface area (Å²) in [6.07, 6.45) is 1.54. The molecule has 0 radical (unpaired) electrons. The first-order chi connectivity index (χ1) is 13.9. The van der Waals surface area contributed by atoms with Crippen LogP contribution < -0.4 is 11.1 Å². The number of esters is 1. The summed E-state index contributed by atoms with van der Waals surface area (Å²) < 4.78 is 10.9. The third kappa shape index (κ3) is 3.40. The molecule has 0 aliphatic heterocycles. The molecular weight excluding hydrogens is 392 g/mol. The Morgan fingerprint density at radius 3 is 2.72 bits per heavy atom. The number of hydrogen-bond acceptors (Lipinski definition) is 6. The molecule has 3 aromatic rings. The van der Waals surface area contributed by atoms with Gasteiger partial charge in [-0.3, -0.25) is 9.59 Å². The number of fused-ring (bicyclic) bond motifs is 2. The predicted molar refractivity (Wildman–Crippen MR) is 109 cm³/mol. The van der Waals surface area contributed by atoms with Crippen molar-refractivity contribution in [3.63, 3.8) is 0 Å². The van der Waals surface area contributed by atoms with Gasteiger partial charge in [0, 0.05) is 15.8 Å². The summed E-state index contributed by atoms with van der Waals surface area (Å²) in [6, 6.07) is 7.27. The number of amides is 2. The van der Waals surface area contributed by atoms with Crippen LogP contribution in [-0.4, -0.2) is 23.9 Å². The summed E-state index contributed by atoms with van der Waals surface area (Å²) in [5.74, 6) is -1.75. The Bertz CT molecular complexity index is 1140. The van der Waals surface area contributed by atoms with E-state index in [1.54, 1.807) is 13.0 Å². The summed E-state index contributed by atoms with van der Waals surface area (Å²) in [5, 5.41) is 3.92. The molecule has 0 fully saturated rings. The van der Waals surface area contributed by atoms with Gasteiger partial charge in [0.05, 0.1) is 5.56 Å². The van der Waals surface area contributed by atoms with Crippen LogP contribution in [-0.2, 0) is 22.4 Å². The van der Waals surface area contributed by atoms with E-state index >= 15 is 0 Å². The maximum Gasteiger partial charge on any atom is 0.375 e. The molecule has 7 nitrogen and oxygen atoms in total. The molecule has 1 aliphatic rings. The van der Waals surface area contributed by atoms with Crippen molar-refractivity contribution in [2.45, 2.75) is 39.2 Å². The third-order valence-electron chi connectivity index (χ3n) is 5.09. The van der Waals surface area contributed by atoms with Gasteiger partial charge in [0.25, 0.3) is 11.8 Å². The van der Waals surface area contributed by atoms with Crippen molar-refractivity contribution in [2.24, 2.45) is 5.73 Å². The van der Waals surface area contributed by atoms with Gasteiger partial charge in [-0.05, 0) is 44.7 Å². The number of furan rings is 1. The number of primary amides is 1. The number of hydrogen-bond donors (Lipinski definition) is 2. The van der Waals surface area contributed by atoms with Crippen LogP contribution in [0.4, 0.5) is 5.00 Å². The van der Waals surface area contributed by atoms with Gasteiger partial charge in [-0.2, -0.15) is 0 Å². The summed E-state index contributed by atoms with van der Waals surface area (Å²) in [5.41, 5.74) is 8.03. The number of ether oxygens (including phenoxy) is 1. The number of nitrogens with one attached hydrogen (secondary N) is 1. The van der Waals surface area contributed by atoms with Gasteiger partial charge in [-0.1, -0.05) is 18.2 Å². The Morgan fingerprint density at radius 2 is 2.00 bits per heavy atom. The van der Waals surface area contributed by atoms with E-state index < -0.39 is 23.9 Å². The number of anilines is 1. The van der Waals surface area contributed by atoms with Crippen LogP contribution in [0.3, 0.4) is 0 Å². The van der Waals surface area contributed by atoms with Gasteiger partial charge in [0.1, 0.15) is 10.6 Å². The van der Waals surface area contributed by atoms with E-state index in [-0.39, 0.29) is 5.76 Å². The van der Waals surface area contributed by atoms with E-state index in [9.17, 15) is 14.4 Å². The highest BCUT2D eigenvalue weighted by Crippen LogP contribution is 2.39. The highest BCUT2D eigenvalue weighted by atomic mass is 32.1. The SMILES string of the molecule is Cc1c(C(=O)O[C@@H](C)C(=O)Nc2sc3c(c2C(N)=O)CCC3)oc2ccccc12. The van der Waals surface area contributed by atoms with Crippen molar-refractivity contribution < 1.29 is 23.5 Å². The lowest BCUT2D eigenvalue weighted by Crippen LogP contribution is -2.30. The zero-order chi connectivity index (χ0) is 20.7. The van der Waals surface area contributed by atoms with Crippen LogP contribution in [0.5, 0.6) is 0 Å². The molecular formula is C21H20N2O5S. The standard InChI is InChI=1S/C21H20N2O5S/c1-10-12-6-3-4-8-14(12)28-17(10)21(26)27-11(2)19(25)23-20-16(18(22)24)13-7-5-9-15(13)29-20/h3-4,6,8,11H,5,7,9H2,1-2H3,(H2,22,24)(H,23,25)/t11-/m0/s1. The molecule has 150 valence electrons. The Balaban J connectivity index is 1.49. The average molecular weight is 412 g/mol. The van der Waals surface area contributed by atoms with Crippen molar-refractivity contribution in [2.75, 3.05) is 5.32 Å². The zero-order valence-electron chi connectivity index (χ0n) is 16.0. The van der Waals surface area contributed by atoms with Crippen molar-refractivity contribution in [3.8, 4) is 0 Å². The molecule has 1 atom stereocenters. The van der Waals surface area contributed by atoms with E-state index in [0.29, 0.717) is 21.7 Å². The van der Waals surface area contributed by atoms with E-state index in [1.165, 1.54) is 18.3 Å². The molecule has 2 amide bonds. The maximum atomic E-state index is 12.6. The number of carbonyl (C=O) groups excluding carboxylic acids is 3. The van der Waals surface area contributed by atoms with Gasteiger partial charge in [-0.15, -0.1) is 11.3 Å². The summed E-state index contributed by atoms with van der Waals surface area (Å²) in [6.45, 7) is 3.23. The van der Waals surface area contributed by atoms with Gasteiger partial charge >= 0.3 is 5.97 Å². The Labute approximate surface area is 170 Å². The number of benzene rings is 1. The first-order valence-corrected chi connectivity index (χ1v) is 10.1. The van der Waals surface area contributed by atoms with Gasteiger partial charge in [0.2, 0.25) is 5.76 Å². The molecule has 0 saturated carbocycles. The molecule has 2 aromatic heterocycles. The third-order valence-corrected chi connectivity index (χ3v) is 6.29. The number of para-hydroxylation sites is 1. The number of carbonyl (C=O) groups is 3. The van der Waals surface area contributed by atoms with E-state index in [2.05, 4.69) is 5.32 Å². The molecule has 3 N–H and O–H groups in total.